The van der Waals surface area contributed by atoms with Crippen molar-refractivity contribution >= 4 is 45.6 Å². The fourth-order valence-electron chi connectivity index (χ4n) is 2.57. The van der Waals surface area contributed by atoms with Crippen molar-refractivity contribution in [2.75, 3.05) is 37.2 Å². The van der Waals surface area contributed by atoms with Crippen LogP contribution in [-0.2, 0) is 14.8 Å². The zero-order chi connectivity index (χ0) is 21.2. The SMILES string of the molecule is CCOC(CCNC(=NC)NCCS(=O)(=O)Nc1ccc(C)c(F)c1)C(C)C.I. The normalized spacial score (nSPS) is 13.0. The highest BCUT2D eigenvalue weighted by Gasteiger charge is 2.14. The molecule has 29 heavy (non-hydrogen) atoms. The van der Waals surface area contributed by atoms with E-state index in [-0.39, 0.29) is 48.1 Å². The molecule has 0 saturated carbocycles. The van der Waals surface area contributed by atoms with Gasteiger partial charge in [-0.25, -0.2) is 12.8 Å². The van der Waals surface area contributed by atoms with Gasteiger partial charge in [-0.3, -0.25) is 9.71 Å². The quantitative estimate of drug-likeness (QED) is 0.226. The number of aryl methyl sites for hydroxylation is 1. The standard InChI is InChI=1S/C19H33FN4O3S.HI/c1-6-27-18(14(2)3)9-10-22-19(21-5)23-11-12-28(25,26)24-16-8-7-15(4)17(20)13-16;/h7-8,13-14,18,24H,6,9-12H2,1-5H3,(H2,21,22,23);1H. The third-order valence-corrected chi connectivity index (χ3v) is 5.47. The summed E-state index contributed by atoms with van der Waals surface area (Å²) in [6, 6.07) is 4.24. The second kappa shape index (κ2) is 14.0. The van der Waals surface area contributed by atoms with Gasteiger partial charge in [-0.15, -0.1) is 24.0 Å². The van der Waals surface area contributed by atoms with Crippen LogP contribution in [0.3, 0.4) is 0 Å². The Bertz CT molecular complexity index is 745. The Morgan fingerprint density at radius 2 is 1.90 bits per heavy atom. The van der Waals surface area contributed by atoms with Crippen LogP contribution in [0.1, 0.15) is 32.8 Å². The van der Waals surface area contributed by atoms with E-state index in [9.17, 15) is 12.8 Å². The van der Waals surface area contributed by atoms with Gasteiger partial charge in [-0.05, 0) is 43.9 Å². The van der Waals surface area contributed by atoms with Gasteiger partial charge in [0.25, 0.3) is 0 Å². The maximum absolute atomic E-state index is 13.6. The highest BCUT2D eigenvalue weighted by molar-refractivity contribution is 14.0. The number of hydrogen-bond acceptors (Lipinski definition) is 4. The summed E-state index contributed by atoms with van der Waals surface area (Å²) >= 11 is 0. The van der Waals surface area contributed by atoms with Gasteiger partial charge in [0, 0.05) is 26.7 Å². The predicted molar refractivity (Wildman–Crippen MR) is 128 cm³/mol. The molecule has 1 atom stereocenters. The first-order valence-corrected chi connectivity index (χ1v) is 11.2. The Kier molecular flexibility index (Phi) is 13.4. The zero-order valence-corrected chi connectivity index (χ0v) is 20.9. The van der Waals surface area contributed by atoms with Crippen LogP contribution in [0.2, 0.25) is 0 Å². The zero-order valence-electron chi connectivity index (χ0n) is 17.8. The average molecular weight is 544 g/mol. The van der Waals surface area contributed by atoms with Gasteiger partial charge in [-0.2, -0.15) is 0 Å². The molecule has 0 aliphatic rings. The molecule has 0 fully saturated rings. The Morgan fingerprint density at radius 1 is 1.24 bits per heavy atom. The van der Waals surface area contributed by atoms with E-state index >= 15 is 0 Å². The summed E-state index contributed by atoms with van der Waals surface area (Å²) in [5.74, 6) is 0.321. The molecule has 1 unspecified atom stereocenters. The van der Waals surface area contributed by atoms with Crippen LogP contribution in [-0.4, -0.2) is 53.0 Å². The molecule has 0 saturated heterocycles. The van der Waals surface area contributed by atoms with Crippen LogP contribution in [0.5, 0.6) is 0 Å². The number of hydrogen-bond donors (Lipinski definition) is 3. The van der Waals surface area contributed by atoms with Gasteiger partial charge in [0.05, 0.1) is 17.5 Å². The number of rotatable bonds is 11. The molecule has 3 N–H and O–H groups in total. The van der Waals surface area contributed by atoms with E-state index in [0.29, 0.717) is 30.6 Å². The third kappa shape index (κ3) is 11.0. The van der Waals surface area contributed by atoms with Crippen molar-refractivity contribution in [2.45, 2.75) is 40.2 Å². The lowest BCUT2D eigenvalue weighted by atomic mass is 10.0. The van der Waals surface area contributed by atoms with Gasteiger partial charge >= 0.3 is 0 Å². The van der Waals surface area contributed by atoms with Gasteiger partial charge < -0.3 is 15.4 Å². The summed E-state index contributed by atoms with van der Waals surface area (Å²) in [6.45, 7) is 9.33. The predicted octanol–water partition coefficient (Wildman–Crippen LogP) is 3.11. The Balaban J connectivity index is 0.00000784. The van der Waals surface area contributed by atoms with Crippen molar-refractivity contribution in [3.63, 3.8) is 0 Å². The number of benzene rings is 1. The molecule has 0 aromatic heterocycles. The maximum atomic E-state index is 13.6. The molecule has 1 aromatic carbocycles. The van der Waals surface area contributed by atoms with E-state index in [1.165, 1.54) is 18.2 Å². The Morgan fingerprint density at radius 3 is 2.45 bits per heavy atom. The second-order valence-electron chi connectivity index (χ2n) is 6.84. The number of sulfonamides is 1. The number of aliphatic imine (C=N–C) groups is 1. The molecule has 0 bridgehead atoms. The number of anilines is 1. The largest absolute Gasteiger partial charge is 0.378 e. The molecule has 0 amide bonds. The summed E-state index contributed by atoms with van der Waals surface area (Å²) in [6.07, 6.45) is 0.987. The summed E-state index contributed by atoms with van der Waals surface area (Å²) in [5.41, 5.74) is 0.671. The van der Waals surface area contributed by atoms with Crippen molar-refractivity contribution in [3.05, 3.63) is 29.6 Å². The van der Waals surface area contributed by atoms with Gasteiger partial charge in [0.15, 0.2) is 5.96 Å². The molecule has 10 heteroatoms. The fourth-order valence-corrected chi connectivity index (χ4v) is 3.53. The summed E-state index contributed by atoms with van der Waals surface area (Å²) in [4.78, 5) is 4.09. The van der Waals surface area contributed by atoms with Gasteiger partial charge in [0.2, 0.25) is 10.0 Å². The average Bonchev–Trinajstić information content (AvgIpc) is 2.62. The molecule has 1 aromatic rings. The van der Waals surface area contributed by atoms with Crippen LogP contribution >= 0.6 is 24.0 Å². The highest BCUT2D eigenvalue weighted by Crippen LogP contribution is 2.15. The molecule has 7 nitrogen and oxygen atoms in total. The first kappa shape index (κ1) is 27.9. The minimum absolute atomic E-state index is 0. The molecule has 1 rings (SSSR count). The smallest absolute Gasteiger partial charge is 0.234 e. The van der Waals surface area contributed by atoms with Crippen molar-refractivity contribution in [1.82, 2.24) is 10.6 Å². The van der Waals surface area contributed by atoms with Crippen molar-refractivity contribution in [1.29, 1.82) is 0 Å². The van der Waals surface area contributed by atoms with Crippen LogP contribution < -0.4 is 15.4 Å². The number of ether oxygens (including phenoxy) is 1. The van der Waals surface area contributed by atoms with E-state index in [2.05, 4.69) is 34.2 Å². The number of halogens is 2. The monoisotopic (exact) mass is 544 g/mol. The minimum atomic E-state index is -3.60. The maximum Gasteiger partial charge on any atom is 0.234 e. The lowest BCUT2D eigenvalue weighted by Crippen LogP contribution is -2.41. The first-order valence-electron chi connectivity index (χ1n) is 9.51. The van der Waals surface area contributed by atoms with E-state index in [1.807, 2.05) is 6.92 Å². The van der Waals surface area contributed by atoms with Crippen LogP contribution in [0.15, 0.2) is 23.2 Å². The first-order chi connectivity index (χ1) is 13.2. The molecule has 0 heterocycles. The number of nitrogens with zero attached hydrogens (tertiary/aromatic N) is 1. The molecule has 0 aliphatic heterocycles. The number of guanidine groups is 1. The fraction of sp³-hybridized carbons (Fsp3) is 0.632. The van der Waals surface area contributed by atoms with Gasteiger partial charge in [0.1, 0.15) is 5.82 Å². The van der Waals surface area contributed by atoms with Crippen LogP contribution in [0, 0.1) is 18.7 Å². The molecule has 0 spiro atoms. The molecule has 0 aliphatic carbocycles. The number of nitrogens with one attached hydrogen (secondary N) is 3. The highest BCUT2D eigenvalue weighted by atomic mass is 127. The topological polar surface area (TPSA) is 91.8 Å². The minimum Gasteiger partial charge on any atom is -0.378 e. The van der Waals surface area contributed by atoms with Crippen molar-refractivity contribution < 1.29 is 17.5 Å². The van der Waals surface area contributed by atoms with E-state index in [0.717, 1.165) is 6.42 Å². The Labute approximate surface area is 191 Å². The summed E-state index contributed by atoms with van der Waals surface area (Å²) < 4.78 is 46.0. The Hall–Kier alpha value is -1.14. The van der Waals surface area contributed by atoms with Crippen LogP contribution in [0.25, 0.3) is 0 Å². The van der Waals surface area contributed by atoms with E-state index in [1.54, 1.807) is 14.0 Å². The van der Waals surface area contributed by atoms with E-state index < -0.39 is 15.8 Å². The summed E-state index contributed by atoms with van der Waals surface area (Å²) in [7, 11) is -1.98. The molecular weight excluding hydrogens is 510 g/mol. The molecular formula is C19H34FIN4O3S. The van der Waals surface area contributed by atoms with Crippen molar-refractivity contribution in [3.8, 4) is 0 Å². The molecule has 168 valence electrons. The molecule has 0 radical (unpaired) electrons. The van der Waals surface area contributed by atoms with Gasteiger partial charge in [-0.1, -0.05) is 19.9 Å². The van der Waals surface area contributed by atoms with E-state index in [4.69, 9.17) is 4.74 Å². The van der Waals surface area contributed by atoms with Crippen molar-refractivity contribution in [2.24, 2.45) is 10.9 Å². The lowest BCUT2D eigenvalue weighted by Gasteiger charge is -2.21. The summed E-state index contributed by atoms with van der Waals surface area (Å²) in [5, 5.41) is 6.13. The lowest BCUT2D eigenvalue weighted by molar-refractivity contribution is 0.0258. The third-order valence-electron chi connectivity index (χ3n) is 4.18. The second-order valence-corrected chi connectivity index (χ2v) is 8.68. The van der Waals surface area contributed by atoms with Crippen LogP contribution in [0.4, 0.5) is 10.1 Å².